The molecule has 1 saturated heterocycles. The van der Waals surface area contributed by atoms with Crippen LogP contribution in [0.25, 0.3) is 0 Å². The smallest absolute Gasteiger partial charge is 0.141 e. The Morgan fingerprint density at radius 3 is 2.56 bits per heavy atom. The van der Waals surface area contributed by atoms with E-state index in [1.165, 1.54) is 6.20 Å². The third-order valence-corrected chi connectivity index (χ3v) is 4.07. The SMILES string of the molecule is CC(N)C1CCN(C(C)c2cncc(F)c2)CC1. The second kappa shape index (κ2) is 5.76. The maximum atomic E-state index is 13.2. The van der Waals surface area contributed by atoms with Crippen LogP contribution in [0.2, 0.25) is 0 Å². The second-order valence-electron chi connectivity index (χ2n) is 5.34. The third-order valence-electron chi connectivity index (χ3n) is 4.07. The van der Waals surface area contributed by atoms with E-state index in [9.17, 15) is 4.39 Å². The van der Waals surface area contributed by atoms with E-state index in [0.717, 1.165) is 31.5 Å². The molecule has 0 aromatic carbocycles. The van der Waals surface area contributed by atoms with E-state index >= 15 is 0 Å². The molecule has 2 rings (SSSR count). The van der Waals surface area contributed by atoms with Crippen molar-refractivity contribution in [2.24, 2.45) is 11.7 Å². The number of nitrogens with zero attached hydrogens (tertiary/aromatic N) is 2. The number of nitrogens with two attached hydrogens (primary N) is 1. The summed E-state index contributed by atoms with van der Waals surface area (Å²) in [5.74, 6) is 0.365. The molecule has 0 saturated carbocycles. The molecule has 100 valence electrons. The van der Waals surface area contributed by atoms with E-state index in [2.05, 4.69) is 23.7 Å². The molecule has 0 spiro atoms. The van der Waals surface area contributed by atoms with Gasteiger partial charge in [-0.3, -0.25) is 9.88 Å². The molecule has 1 aliphatic rings. The lowest BCUT2D eigenvalue weighted by Crippen LogP contribution is -2.40. The summed E-state index contributed by atoms with van der Waals surface area (Å²) in [7, 11) is 0. The summed E-state index contributed by atoms with van der Waals surface area (Å²) < 4.78 is 13.2. The monoisotopic (exact) mass is 251 g/mol. The van der Waals surface area contributed by atoms with Crippen molar-refractivity contribution in [1.29, 1.82) is 0 Å². The van der Waals surface area contributed by atoms with Crippen molar-refractivity contribution in [3.63, 3.8) is 0 Å². The first kappa shape index (κ1) is 13.4. The van der Waals surface area contributed by atoms with E-state index in [1.807, 2.05) is 0 Å². The van der Waals surface area contributed by atoms with E-state index in [1.54, 1.807) is 12.3 Å². The molecular weight excluding hydrogens is 229 g/mol. The molecule has 1 fully saturated rings. The van der Waals surface area contributed by atoms with Crippen molar-refractivity contribution in [3.05, 3.63) is 29.8 Å². The van der Waals surface area contributed by atoms with Crippen molar-refractivity contribution in [2.75, 3.05) is 13.1 Å². The average Bonchev–Trinajstić information content (AvgIpc) is 2.38. The molecule has 0 aliphatic carbocycles. The highest BCUT2D eigenvalue weighted by Gasteiger charge is 2.25. The highest BCUT2D eigenvalue weighted by Crippen LogP contribution is 2.27. The topological polar surface area (TPSA) is 42.1 Å². The van der Waals surface area contributed by atoms with Crippen LogP contribution in [0.3, 0.4) is 0 Å². The maximum absolute atomic E-state index is 13.2. The van der Waals surface area contributed by atoms with Gasteiger partial charge in [-0.2, -0.15) is 0 Å². The Kier molecular flexibility index (Phi) is 4.30. The first-order valence-corrected chi connectivity index (χ1v) is 6.68. The molecule has 1 aromatic heterocycles. The van der Waals surface area contributed by atoms with E-state index in [-0.39, 0.29) is 17.9 Å². The summed E-state index contributed by atoms with van der Waals surface area (Å²) in [6, 6.07) is 2.08. The molecule has 2 unspecified atom stereocenters. The standard InChI is InChI=1S/C14H22FN3/c1-10(16)12-3-5-18(6-4-12)11(2)13-7-14(15)9-17-8-13/h7-12H,3-6,16H2,1-2H3. The predicted octanol–water partition coefficient (Wildman–Crippen LogP) is 2.34. The number of aromatic nitrogens is 1. The second-order valence-corrected chi connectivity index (χ2v) is 5.34. The average molecular weight is 251 g/mol. The van der Waals surface area contributed by atoms with Crippen LogP contribution in [0.5, 0.6) is 0 Å². The Labute approximate surface area is 108 Å². The molecule has 1 aromatic rings. The Morgan fingerprint density at radius 1 is 1.33 bits per heavy atom. The number of halogens is 1. The fraction of sp³-hybridized carbons (Fsp3) is 0.643. The molecule has 4 heteroatoms. The molecule has 0 amide bonds. The summed E-state index contributed by atoms with van der Waals surface area (Å²) in [5.41, 5.74) is 6.89. The minimum absolute atomic E-state index is 0.224. The molecule has 0 radical (unpaired) electrons. The largest absolute Gasteiger partial charge is 0.328 e. The number of rotatable bonds is 3. The molecule has 3 nitrogen and oxygen atoms in total. The fourth-order valence-electron chi connectivity index (χ4n) is 2.70. The number of hydrogen-bond acceptors (Lipinski definition) is 3. The van der Waals surface area contributed by atoms with Gasteiger partial charge >= 0.3 is 0 Å². The lowest BCUT2D eigenvalue weighted by molar-refractivity contribution is 0.132. The van der Waals surface area contributed by atoms with Gasteiger partial charge in [-0.1, -0.05) is 0 Å². The highest BCUT2D eigenvalue weighted by molar-refractivity contribution is 5.14. The molecule has 2 heterocycles. The molecule has 18 heavy (non-hydrogen) atoms. The quantitative estimate of drug-likeness (QED) is 0.896. The predicted molar refractivity (Wildman–Crippen MR) is 70.6 cm³/mol. The van der Waals surface area contributed by atoms with Gasteiger partial charge in [0.25, 0.3) is 0 Å². The van der Waals surface area contributed by atoms with Gasteiger partial charge in [0.15, 0.2) is 0 Å². The zero-order chi connectivity index (χ0) is 13.1. The number of hydrogen-bond donors (Lipinski definition) is 1. The van der Waals surface area contributed by atoms with Crippen molar-refractivity contribution in [3.8, 4) is 0 Å². The molecule has 2 atom stereocenters. The van der Waals surface area contributed by atoms with E-state index in [0.29, 0.717) is 5.92 Å². The van der Waals surface area contributed by atoms with Crippen LogP contribution >= 0.6 is 0 Å². The van der Waals surface area contributed by atoms with E-state index in [4.69, 9.17) is 5.73 Å². The van der Waals surface area contributed by atoms with Gasteiger partial charge < -0.3 is 5.73 Å². The Balaban J connectivity index is 1.97. The lowest BCUT2D eigenvalue weighted by Gasteiger charge is -2.37. The van der Waals surface area contributed by atoms with Gasteiger partial charge in [0.1, 0.15) is 5.82 Å². The van der Waals surface area contributed by atoms with Crippen LogP contribution in [0.4, 0.5) is 4.39 Å². The third kappa shape index (κ3) is 3.06. The first-order valence-electron chi connectivity index (χ1n) is 6.68. The summed E-state index contributed by atoms with van der Waals surface area (Å²) in [6.07, 6.45) is 5.26. The molecule has 0 bridgehead atoms. The Bertz CT molecular complexity index is 386. The summed E-state index contributed by atoms with van der Waals surface area (Å²) in [6.45, 7) is 6.26. The van der Waals surface area contributed by atoms with Gasteiger partial charge in [0.2, 0.25) is 0 Å². The minimum atomic E-state index is -0.259. The molecular formula is C14H22FN3. The van der Waals surface area contributed by atoms with Gasteiger partial charge in [-0.05, 0) is 57.3 Å². The first-order chi connectivity index (χ1) is 8.58. The van der Waals surface area contributed by atoms with Gasteiger partial charge in [-0.15, -0.1) is 0 Å². The lowest BCUT2D eigenvalue weighted by atomic mass is 9.90. The summed E-state index contributed by atoms with van der Waals surface area (Å²) in [5, 5.41) is 0. The van der Waals surface area contributed by atoms with Gasteiger partial charge in [0.05, 0.1) is 6.20 Å². The highest BCUT2D eigenvalue weighted by atomic mass is 19.1. The maximum Gasteiger partial charge on any atom is 0.141 e. The number of pyridine rings is 1. The zero-order valence-corrected chi connectivity index (χ0v) is 11.1. The minimum Gasteiger partial charge on any atom is -0.328 e. The summed E-state index contributed by atoms with van der Waals surface area (Å²) >= 11 is 0. The normalized spacial score (nSPS) is 21.8. The van der Waals surface area contributed by atoms with Crippen LogP contribution < -0.4 is 5.73 Å². The van der Waals surface area contributed by atoms with Crippen LogP contribution in [-0.2, 0) is 0 Å². The fourth-order valence-corrected chi connectivity index (χ4v) is 2.70. The van der Waals surface area contributed by atoms with Gasteiger partial charge in [-0.25, -0.2) is 4.39 Å². The van der Waals surface area contributed by atoms with Crippen molar-refractivity contribution in [1.82, 2.24) is 9.88 Å². The number of piperidine rings is 1. The molecule has 2 N–H and O–H groups in total. The number of likely N-dealkylation sites (tertiary alicyclic amines) is 1. The van der Waals surface area contributed by atoms with Crippen molar-refractivity contribution >= 4 is 0 Å². The van der Waals surface area contributed by atoms with Crippen molar-refractivity contribution < 1.29 is 4.39 Å². The van der Waals surface area contributed by atoms with Crippen molar-refractivity contribution in [2.45, 2.75) is 38.8 Å². The molecule has 1 aliphatic heterocycles. The van der Waals surface area contributed by atoms with Crippen LogP contribution in [0, 0.1) is 11.7 Å². The summed E-state index contributed by atoms with van der Waals surface area (Å²) in [4.78, 5) is 6.31. The van der Waals surface area contributed by atoms with Crippen LogP contribution in [0.1, 0.15) is 38.3 Å². The zero-order valence-electron chi connectivity index (χ0n) is 11.1. The Hall–Kier alpha value is -1.00. The van der Waals surface area contributed by atoms with E-state index < -0.39 is 0 Å². The Morgan fingerprint density at radius 2 is 2.00 bits per heavy atom. The van der Waals surface area contributed by atoms with Gasteiger partial charge in [0, 0.05) is 18.3 Å². The van der Waals surface area contributed by atoms with Crippen LogP contribution in [0.15, 0.2) is 18.5 Å². The van der Waals surface area contributed by atoms with Crippen LogP contribution in [-0.4, -0.2) is 29.0 Å².